The molecule has 8 heteroatoms. The van der Waals surface area contributed by atoms with Gasteiger partial charge in [-0.1, -0.05) is 13.0 Å². The first-order chi connectivity index (χ1) is 10.6. The van der Waals surface area contributed by atoms with E-state index in [1.165, 1.54) is 0 Å². The summed E-state index contributed by atoms with van der Waals surface area (Å²) in [4.78, 5) is 4.42. The zero-order valence-electron chi connectivity index (χ0n) is 13.5. The van der Waals surface area contributed by atoms with Crippen molar-refractivity contribution in [1.82, 2.24) is 14.6 Å². The molecule has 1 fully saturated rings. The summed E-state index contributed by atoms with van der Waals surface area (Å²) in [6.45, 7) is 4.90. The third-order valence-electron chi connectivity index (χ3n) is 4.15. The highest BCUT2D eigenvalue weighted by atomic mass is 35.5. The Hall–Kier alpha value is -0.920. The standard InChI is InChI=1S/C16H21N3O2S.2ClH/c1-13-5-8-19(9-7-18-11-13)22(20,21)16-3-2-15-12-17-6-4-14(15)10-16;;/h2-4,6,10,12-13,18H,5,7-9,11H2,1H3;2*1H/t13-;;/m1../s1. The van der Waals surface area contributed by atoms with Crippen LogP contribution in [0.4, 0.5) is 0 Å². The maximum atomic E-state index is 12.9. The average molecular weight is 392 g/mol. The highest BCUT2D eigenvalue weighted by Gasteiger charge is 2.25. The summed E-state index contributed by atoms with van der Waals surface area (Å²) in [6.07, 6.45) is 4.30. The van der Waals surface area contributed by atoms with Gasteiger partial charge in [0, 0.05) is 37.4 Å². The first kappa shape index (κ1) is 21.1. The van der Waals surface area contributed by atoms with Gasteiger partial charge >= 0.3 is 0 Å². The molecule has 3 rings (SSSR count). The molecule has 1 aliphatic heterocycles. The number of nitrogens with one attached hydrogen (secondary N) is 1. The quantitative estimate of drug-likeness (QED) is 0.854. The van der Waals surface area contributed by atoms with E-state index in [2.05, 4.69) is 17.2 Å². The number of hydrogen-bond donors (Lipinski definition) is 1. The summed E-state index contributed by atoms with van der Waals surface area (Å²) in [5, 5.41) is 5.15. The molecule has 5 nitrogen and oxygen atoms in total. The van der Waals surface area contributed by atoms with Gasteiger partial charge in [0.15, 0.2) is 0 Å². The Balaban J connectivity index is 0.00000144. The highest BCUT2D eigenvalue weighted by Crippen LogP contribution is 2.22. The minimum atomic E-state index is -3.44. The lowest BCUT2D eigenvalue weighted by molar-refractivity contribution is 0.332. The smallest absolute Gasteiger partial charge is 0.243 e. The second kappa shape index (κ2) is 8.97. The van der Waals surface area contributed by atoms with Crippen LogP contribution in [-0.2, 0) is 10.0 Å². The fourth-order valence-corrected chi connectivity index (χ4v) is 4.23. The van der Waals surface area contributed by atoms with E-state index in [4.69, 9.17) is 0 Å². The number of nitrogens with zero attached hydrogens (tertiary/aromatic N) is 2. The zero-order chi connectivity index (χ0) is 15.6. The monoisotopic (exact) mass is 391 g/mol. The van der Waals surface area contributed by atoms with Crippen LogP contribution in [0.2, 0.25) is 0 Å². The SMILES string of the molecule is C[C@@H]1CCN(S(=O)(=O)c2ccc3cnccc3c2)CCNC1.Cl.Cl. The highest BCUT2D eigenvalue weighted by molar-refractivity contribution is 7.89. The van der Waals surface area contributed by atoms with Crippen molar-refractivity contribution >= 4 is 45.6 Å². The van der Waals surface area contributed by atoms with Gasteiger partial charge in [-0.25, -0.2) is 8.42 Å². The fourth-order valence-electron chi connectivity index (χ4n) is 2.74. The number of pyridine rings is 1. The maximum Gasteiger partial charge on any atom is 0.243 e. The molecule has 1 aromatic carbocycles. The normalized spacial score (nSPS) is 19.6. The predicted octanol–water partition coefficient (Wildman–Crippen LogP) is 2.70. The van der Waals surface area contributed by atoms with E-state index in [1.54, 1.807) is 28.8 Å². The second-order valence-corrected chi connectivity index (χ2v) is 7.82. The molecule has 0 spiro atoms. The van der Waals surface area contributed by atoms with Crippen LogP contribution in [0.15, 0.2) is 41.6 Å². The van der Waals surface area contributed by atoms with Crippen molar-refractivity contribution < 1.29 is 8.42 Å². The van der Waals surface area contributed by atoms with Crippen LogP contribution in [0.3, 0.4) is 0 Å². The van der Waals surface area contributed by atoms with Crippen LogP contribution >= 0.6 is 24.8 Å². The van der Waals surface area contributed by atoms with Crippen LogP contribution in [0.5, 0.6) is 0 Å². The minimum Gasteiger partial charge on any atom is -0.315 e. The van der Waals surface area contributed by atoms with Gasteiger partial charge in [0.25, 0.3) is 0 Å². The molecule has 1 atom stereocenters. The number of benzene rings is 1. The predicted molar refractivity (Wildman–Crippen MR) is 102 cm³/mol. The third-order valence-corrected chi connectivity index (χ3v) is 6.05. The Morgan fingerprint density at radius 1 is 1.17 bits per heavy atom. The van der Waals surface area contributed by atoms with Crippen LogP contribution < -0.4 is 5.32 Å². The van der Waals surface area contributed by atoms with Crippen molar-refractivity contribution in [3.63, 3.8) is 0 Å². The van der Waals surface area contributed by atoms with Gasteiger partial charge in [0.2, 0.25) is 10.0 Å². The molecule has 0 bridgehead atoms. The van der Waals surface area contributed by atoms with Crippen LogP contribution in [-0.4, -0.2) is 43.9 Å². The molecule has 134 valence electrons. The van der Waals surface area contributed by atoms with E-state index in [0.29, 0.717) is 30.4 Å². The van der Waals surface area contributed by atoms with Crippen molar-refractivity contribution in [3.8, 4) is 0 Å². The van der Waals surface area contributed by atoms with Crippen molar-refractivity contribution in [2.45, 2.75) is 18.2 Å². The van der Waals surface area contributed by atoms with Crippen LogP contribution in [0.1, 0.15) is 13.3 Å². The summed E-state index contributed by atoms with van der Waals surface area (Å²) in [5.74, 6) is 0.487. The third kappa shape index (κ3) is 4.58. The van der Waals surface area contributed by atoms with E-state index in [-0.39, 0.29) is 24.8 Å². The van der Waals surface area contributed by atoms with Gasteiger partial charge in [-0.3, -0.25) is 4.98 Å². The number of hydrogen-bond acceptors (Lipinski definition) is 4. The minimum absolute atomic E-state index is 0. The number of halogens is 2. The number of rotatable bonds is 2. The molecule has 2 heterocycles. The molecule has 1 aromatic heterocycles. The van der Waals surface area contributed by atoms with E-state index in [9.17, 15) is 8.42 Å². The average Bonchev–Trinajstić information content (AvgIpc) is 2.50. The summed E-state index contributed by atoms with van der Waals surface area (Å²) >= 11 is 0. The van der Waals surface area contributed by atoms with Crippen LogP contribution in [0, 0.1) is 5.92 Å². The second-order valence-electron chi connectivity index (χ2n) is 5.89. The molecule has 2 aromatic rings. The molecule has 0 saturated carbocycles. The summed E-state index contributed by atoms with van der Waals surface area (Å²) in [6, 6.07) is 7.07. The van der Waals surface area contributed by atoms with Gasteiger partial charge in [-0.15, -0.1) is 24.8 Å². The molecule has 1 N–H and O–H groups in total. The Morgan fingerprint density at radius 3 is 2.75 bits per heavy atom. The zero-order valence-corrected chi connectivity index (χ0v) is 16.0. The summed E-state index contributed by atoms with van der Waals surface area (Å²) in [7, 11) is -3.44. The summed E-state index contributed by atoms with van der Waals surface area (Å²) < 4.78 is 27.4. The van der Waals surface area contributed by atoms with Crippen LogP contribution in [0.25, 0.3) is 10.8 Å². The lowest BCUT2D eigenvalue weighted by Crippen LogP contribution is -2.41. The van der Waals surface area contributed by atoms with Gasteiger partial charge in [-0.05, 0) is 42.5 Å². The Morgan fingerprint density at radius 2 is 1.96 bits per heavy atom. The van der Waals surface area contributed by atoms with E-state index < -0.39 is 10.0 Å². The number of fused-ring (bicyclic) bond motifs is 1. The van der Waals surface area contributed by atoms with Crippen molar-refractivity contribution in [2.75, 3.05) is 26.2 Å². The van der Waals surface area contributed by atoms with Gasteiger partial charge in [0.1, 0.15) is 0 Å². The molecule has 0 radical (unpaired) electrons. The largest absolute Gasteiger partial charge is 0.315 e. The molecule has 0 aliphatic carbocycles. The van der Waals surface area contributed by atoms with Gasteiger partial charge in [-0.2, -0.15) is 4.31 Å². The molecule has 0 unspecified atom stereocenters. The molecule has 1 aliphatic rings. The lowest BCUT2D eigenvalue weighted by Gasteiger charge is -2.27. The fraction of sp³-hybridized carbons (Fsp3) is 0.438. The molecular formula is C16H23Cl2N3O2S. The van der Waals surface area contributed by atoms with E-state index in [1.807, 2.05) is 12.1 Å². The van der Waals surface area contributed by atoms with Crippen molar-refractivity contribution in [3.05, 3.63) is 36.7 Å². The molecule has 24 heavy (non-hydrogen) atoms. The number of sulfonamides is 1. The topological polar surface area (TPSA) is 62.3 Å². The molecule has 0 amide bonds. The van der Waals surface area contributed by atoms with Gasteiger partial charge < -0.3 is 5.32 Å². The molecule has 1 saturated heterocycles. The number of aromatic nitrogens is 1. The first-order valence-corrected chi connectivity index (χ1v) is 9.06. The first-order valence-electron chi connectivity index (χ1n) is 7.62. The van der Waals surface area contributed by atoms with E-state index >= 15 is 0 Å². The Labute approximate surface area is 155 Å². The summed E-state index contributed by atoms with van der Waals surface area (Å²) in [5.41, 5.74) is 0. The van der Waals surface area contributed by atoms with Crippen molar-refractivity contribution in [1.29, 1.82) is 0 Å². The Bertz CT molecular complexity index is 771. The molecular weight excluding hydrogens is 369 g/mol. The van der Waals surface area contributed by atoms with Gasteiger partial charge in [0.05, 0.1) is 4.90 Å². The van der Waals surface area contributed by atoms with Crippen molar-refractivity contribution in [2.24, 2.45) is 5.92 Å². The Kier molecular flexibility index (Phi) is 7.89. The lowest BCUT2D eigenvalue weighted by atomic mass is 10.1. The maximum absolute atomic E-state index is 12.9. The van der Waals surface area contributed by atoms with E-state index in [0.717, 1.165) is 23.7 Å².